The van der Waals surface area contributed by atoms with Crippen LogP contribution in [-0.2, 0) is 19.7 Å². The van der Waals surface area contributed by atoms with Gasteiger partial charge in [-0.25, -0.2) is 4.79 Å². The van der Waals surface area contributed by atoms with Gasteiger partial charge in [0.05, 0.1) is 6.04 Å². The number of alkyl carbamates (subject to hydrolysis) is 1. The predicted octanol–water partition coefficient (Wildman–Crippen LogP) is 8.66. The predicted molar refractivity (Wildman–Crippen MR) is 175 cm³/mol. The highest BCUT2D eigenvalue weighted by molar-refractivity contribution is 5.92. The van der Waals surface area contributed by atoms with E-state index in [2.05, 4.69) is 34.9 Å². The summed E-state index contributed by atoms with van der Waals surface area (Å²) in [6.07, 6.45) is 16.5. The summed E-state index contributed by atoms with van der Waals surface area (Å²) >= 11 is 0. The van der Waals surface area contributed by atoms with E-state index in [1.54, 1.807) is 6.92 Å². The minimum atomic E-state index is -0.790. The van der Waals surface area contributed by atoms with E-state index in [0.29, 0.717) is 18.3 Å². The van der Waals surface area contributed by atoms with Crippen LogP contribution in [0.5, 0.6) is 0 Å². The van der Waals surface area contributed by atoms with Gasteiger partial charge >= 0.3 is 6.09 Å². The number of hydrogen-bond acceptors (Lipinski definition) is 4. The van der Waals surface area contributed by atoms with Crippen LogP contribution in [0.25, 0.3) is 0 Å². The highest BCUT2D eigenvalue weighted by Gasteiger charge is 2.45. The quantitative estimate of drug-likeness (QED) is 0.225. The fraction of sp³-hybridized carbons (Fsp3) is 0.757. The molecule has 1 aromatic rings. The molecule has 0 bridgehead atoms. The zero-order valence-corrected chi connectivity index (χ0v) is 28.0. The molecule has 1 aromatic carbocycles. The molecular weight excluding hydrogens is 536 g/mol. The molecule has 0 aliphatic heterocycles. The fourth-order valence-corrected chi connectivity index (χ4v) is 7.54. The average molecular weight is 597 g/mol. The first kappa shape index (κ1) is 35.1. The van der Waals surface area contributed by atoms with Crippen LogP contribution in [0.2, 0.25) is 0 Å². The lowest BCUT2D eigenvalue weighted by Gasteiger charge is -2.43. The number of carbonyl (C=O) groups is 3. The SMILES string of the molecule is CC(=O)[C@@H](NC(=O)[C@H](CC(C)C)NC(=O)OC(C)(C)C)C(CCC1CCCCC1)(CCC1CCCCC1)c1ccccc1. The molecule has 0 unspecified atom stereocenters. The van der Waals surface area contributed by atoms with Gasteiger partial charge in [0.25, 0.3) is 0 Å². The molecule has 2 aliphatic carbocycles. The molecule has 242 valence electrons. The van der Waals surface area contributed by atoms with Crippen LogP contribution < -0.4 is 10.6 Å². The molecule has 0 saturated heterocycles. The summed E-state index contributed by atoms with van der Waals surface area (Å²) in [6, 6.07) is 9.02. The zero-order chi connectivity index (χ0) is 31.5. The first-order valence-corrected chi connectivity index (χ1v) is 17.3. The lowest BCUT2D eigenvalue weighted by molar-refractivity contribution is -0.130. The van der Waals surface area contributed by atoms with E-state index < -0.39 is 29.2 Å². The monoisotopic (exact) mass is 596 g/mol. The summed E-state index contributed by atoms with van der Waals surface area (Å²) in [7, 11) is 0. The molecule has 6 nitrogen and oxygen atoms in total. The molecule has 0 aromatic heterocycles. The summed E-state index contributed by atoms with van der Waals surface area (Å²) in [5.41, 5.74) is -0.0417. The van der Waals surface area contributed by atoms with Gasteiger partial charge in [-0.15, -0.1) is 0 Å². The van der Waals surface area contributed by atoms with Gasteiger partial charge in [-0.2, -0.15) is 0 Å². The standard InChI is InChI=1S/C37H60N2O4/c1-27(2)26-32(38-35(42)43-36(4,5)6)34(41)39-33(28(3)40)37(31-20-14-9-15-21-31,24-22-29-16-10-7-11-17-29)25-23-30-18-12-8-13-19-30/h9,14-15,20-21,27,29-30,32-33H,7-8,10-13,16-19,22-26H2,1-6H3,(H,38,42)(H,39,41)/t32-,33+/m0/s1. The van der Waals surface area contributed by atoms with Crippen molar-refractivity contribution < 1.29 is 19.1 Å². The molecule has 43 heavy (non-hydrogen) atoms. The third-order valence-electron chi connectivity index (χ3n) is 9.76. The second-order valence-electron chi connectivity index (χ2n) is 15.0. The molecule has 2 saturated carbocycles. The van der Waals surface area contributed by atoms with Gasteiger partial charge in [0.1, 0.15) is 11.6 Å². The summed E-state index contributed by atoms with van der Waals surface area (Å²) in [6.45, 7) is 11.1. The molecular formula is C37H60N2O4. The molecule has 3 rings (SSSR count). The molecule has 2 amide bonds. The van der Waals surface area contributed by atoms with E-state index in [1.807, 2.05) is 40.7 Å². The lowest BCUT2D eigenvalue weighted by Crippen LogP contribution is -2.59. The van der Waals surface area contributed by atoms with Crippen LogP contribution in [0.1, 0.15) is 143 Å². The van der Waals surface area contributed by atoms with Crippen molar-refractivity contribution in [3.63, 3.8) is 0 Å². The number of Topliss-reactive ketones (excluding diaryl/α,β-unsaturated/α-hetero) is 1. The zero-order valence-electron chi connectivity index (χ0n) is 28.0. The van der Waals surface area contributed by atoms with Gasteiger partial charge in [0, 0.05) is 5.41 Å². The Morgan fingerprint density at radius 1 is 0.814 bits per heavy atom. The topological polar surface area (TPSA) is 84.5 Å². The normalized spacial score (nSPS) is 18.6. The fourth-order valence-electron chi connectivity index (χ4n) is 7.54. The van der Waals surface area contributed by atoms with Crippen LogP contribution in [0, 0.1) is 17.8 Å². The molecule has 0 spiro atoms. The third-order valence-corrected chi connectivity index (χ3v) is 9.76. The highest BCUT2D eigenvalue weighted by Crippen LogP contribution is 2.43. The summed E-state index contributed by atoms with van der Waals surface area (Å²) in [4.78, 5) is 40.5. The Morgan fingerprint density at radius 3 is 1.77 bits per heavy atom. The largest absolute Gasteiger partial charge is 0.444 e. The summed E-state index contributed by atoms with van der Waals surface area (Å²) in [5.74, 6) is 1.16. The minimum Gasteiger partial charge on any atom is -0.444 e. The van der Waals surface area contributed by atoms with Gasteiger partial charge < -0.3 is 15.4 Å². The second-order valence-corrected chi connectivity index (χ2v) is 15.0. The molecule has 2 N–H and O–H groups in total. The van der Waals surface area contributed by atoms with E-state index in [4.69, 9.17) is 4.74 Å². The number of hydrogen-bond donors (Lipinski definition) is 2. The van der Waals surface area contributed by atoms with Crippen molar-refractivity contribution in [1.82, 2.24) is 10.6 Å². The number of ketones is 1. The average Bonchev–Trinajstić information content (AvgIpc) is 2.96. The maximum Gasteiger partial charge on any atom is 0.408 e. The minimum absolute atomic E-state index is 0.0231. The molecule has 0 heterocycles. The highest BCUT2D eigenvalue weighted by atomic mass is 16.6. The van der Waals surface area contributed by atoms with Crippen LogP contribution in [-0.4, -0.2) is 35.5 Å². The number of ether oxygens (including phenoxy) is 1. The number of rotatable bonds is 14. The molecule has 2 fully saturated rings. The molecule has 0 radical (unpaired) electrons. The van der Waals surface area contributed by atoms with Crippen LogP contribution in [0.4, 0.5) is 4.79 Å². The number of carbonyl (C=O) groups excluding carboxylic acids is 3. The van der Waals surface area contributed by atoms with Crippen molar-refractivity contribution in [3.8, 4) is 0 Å². The first-order valence-electron chi connectivity index (χ1n) is 17.3. The van der Waals surface area contributed by atoms with E-state index >= 15 is 0 Å². The Hall–Kier alpha value is -2.37. The van der Waals surface area contributed by atoms with Gasteiger partial charge in [0.2, 0.25) is 5.91 Å². The van der Waals surface area contributed by atoms with Crippen molar-refractivity contribution in [2.24, 2.45) is 17.8 Å². The molecule has 6 heteroatoms. The maximum absolute atomic E-state index is 14.1. The van der Waals surface area contributed by atoms with E-state index in [-0.39, 0.29) is 17.6 Å². The van der Waals surface area contributed by atoms with E-state index in [9.17, 15) is 14.4 Å². The van der Waals surface area contributed by atoms with Crippen molar-refractivity contribution in [3.05, 3.63) is 35.9 Å². The first-order chi connectivity index (χ1) is 20.4. The van der Waals surface area contributed by atoms with Crippen molar-refractivity contribution in [2.75, 3.05) is 0 Å². The van der Waals surface area contributed by atoms with E-state index in [1.165, 1.54) is 64.2 Å². The number of benzene rings is 1. The smallest absolute Gasteiger partial charge is 0.408 e. The van der Waals surface area contributed by atoms with Crippen molar-refractivity contribution in [2.45, 2.75) is 161 Å². The second kappa shape index (κ2) is 16.6. The third kappa shape index (κ3) is 11.2. The summed E-state index contributed by atoms with van der Waals surface area (Å²) in [5, 5.41) is 6.07. The van der Waals surface area contributed by atoms with Crippen LogP contribution in [0.15, 0.2) is 30.3 Å². The maximum atomic E-state index is 14.1. The molecule has 2 atom stereocenters. The van der Waals surface area contributed by atoms with E-state index in [0.717, 1.165) is 31.2 Å². The number of nitrogens with one attached hydrogen (secondary N) is 2. The number of amides is 2. The summed E-state index contributed by atoms with van der Waals surface area (Å²) < 4.78 is 5.50. The Kier molecular flexibility index (Phi) is 13.6. The van der Waals surface area contributed by atoms with Crippen LogP contribution in [0.3, 0.4) is 0 Å². The Balaban J connectivity index is 1.97. The van der Waals surface area contributed by atoms with Gasteiger partial charge in [0.15, 0.2) is 5.78 Å². The van der Waals surface area contributed by atoms with Gasteiger partial charge in [-0.05, 0) is 83.1 Å². The Bertz CT molecular complexity index is 981. The lowest BCUT2D eigenvalue weighted by atomic mass is 9.64. The van der Waals surface area contributed by atoms with Crippen molar-refractivity contribution in [1.29, 1.82) is 0 Å². The molecule has 2 aliphatic rings. The van der Waals surface area contributed by atoms with Gasteiger partial charge in [-0.3, -0.25) is 9.59 Å². The van der Waals surface area contributed by atoms with Crippen LogP contribution >= 0.6 is 0 Å². The van der Waals surface area contributed by atoms with Crippen molar-refractivity contribution >= 4 is 17.8 Å². The Labute approximate surface area is 261 Å². The Morgan fingerprint density at radius 2 is 1.33 bits per heavy atom. The van der Waals surface area contributed by atoms with Gasteiger partial charge in [-0.1, -0.05) is 108 Å².